The van der Waals surface area contributed by atoms with Gasteiger partial charge in [-0.05, 0) is 68.1 Å². The number of benzene rings is 3. The van der Waals surface area contributed by atoms with E-state index in [1.807, 2.05) is 32.2 Å². The van der Waals surface area contributed by atoms with Crippen LogP contribution in [0, 0.1) is 11.7 Å². The van der Waals surface area contributed by atoms with Crippen molar-refractivity contribution in [2.75, 3.05) is 38.3 Å². The zero-order chi connectivity index (χ0) is 30.0. The van der Waals surface area contributed by atoms with Crippen molar-refractivity contribution >= 4 is 21.6 Å². The van der Waals surface area contributed by atoms with Crippen LogP contribution in [0.2, 0.25) is 0 Å². The number of nitrogens with zero attached hydrogens (tertiary/aromatic N) is 2. The van der Waals surface area contributed by atoms with E-state index in [2.05, 4.69) is 9.62 Å². The van der Waals surface area contributed by atoms with E-state index in [4.69, 9.17) is 14.2 Å². The van der Waals surface area contributed by atoms with Gasteiger partial charge in [0.05, 0.1) is 28.8 Å². The molecular weight excluding hydrogens is 565 g/mol. The zero-order valence-electron chi connectivity index (χ0n) is 23.6. The molecule has 3 aromatic rings. The molecule has 0 radical (unpaired) electrons. The number of amides is 1. The van der Waals surface area contributed by atoms with Crippen LogP contribution in [0.15, 0.2) is 65.6 Å². The average Bonchev–Trinajstić information content (AvgIpc) is 3.43. The molecule has 2 aliphatic rings. The largest absolute Gasteiger partial charge is 0.486 e. The molecule has 2 aliphatic heterocycles. The quantitative estimate of drug-likeness (QED) is 0.383. The number of para-hydroxylation sites is 1. The van der Waals surface area contributed by atoms with E-state index in [-0.39, 0.29) is 47.1 Å². The number of nitrogens with one attached hydrogen (secondary N) is 1. The molecule has 0 saturated carbocycles. The lowest BCUT2D eigenvalue weighted by atomic mass is 9.99. The number of carbonyl (C=O) groups is 1. The summed E-state index contributed by atoms with van der Waals surface area (Å²) in [6, 6.07) is 14.4. The first-order chi connectivity index (χ1) is 20.1. The molecule has 2 N–H and O–H groups in total. The molecule has 0 unspecified atom stereocenters. The maximum absolute atomic E-state index is 13.7. The van der Waals surface area contributed by atoms with Gasteiger partial charge in [-0.25, -0.2) is 12.8 Å². The molecule has 0 spiro atoms. The minimum atomic E-state index is -4.13. The Morgan fingerprint density at radius 3 is 2.60 bits per heavy atom. The highest BCUT2D eigenvalue weighted by Crippen LogP contribution is 2.37. The Hall–Kier alpha value is -3.87. The Labute approximate surface area is 244 Å². The van der Waals surface area contributed by atoms with Crippen LogP contribution >= 0.6 is 0 Å². The summed E-state index contributed by atoms with van der Waals surface area (Å²) in [5.41, 5.74) is 1.27. The van der Waals surface area contributed by atoms with Crippen LogP contribution in [-0.2, 0) is 16.6 Å². The molecule has 0 fully saturated rings. The second-order valence-corrected chi connectivity index (χ2v) is 12.4. The highest BCUT2D eigenvalue weighted by Gasteiger charge is 2.35. The fourth-order valence-electron chi connectivity index (χ4n) is 5.08. The number of fused-ring (bicyclic) bond motifs is 2. The molecule has 0 aromatic heterocycles. The summed E-state index contributed by atoms with van der Waals surface area (Å²) in [6.45, 7) is 5.02. The van der Waals surface area contributed by atoms with E-state index in [1.54, 1.807) is 24.0 Å². The van der Waals surface area contributed by atoms with Crippen molar-refractivity contribution < 1.29 is 36.9 Å². The summed E-state index contributed by atoms with van der Waals surface area (Å²) in [6.07, 6.45) is -0.458. The number of sulfonamides is 1. The molecule has 2 heterocycles. The number of rotatable bonds is 9. The van der Waals surface area contributed by atoms with Crippen molar-refractivity contribution in [3.05, 3.63) is 77.6 Å². The number of anilines is 1. The number of hydrogen-bond donors (Lipinski definition) is 2. The van der Waals surface area contributed by atoms with Crippen molar-refractivity contribution in [2.45, 2.75) is 37.4 Å². The van der Waals surface area contributed by atoms with Crippen molar-refractivity contribution in [3.63, 3.8) is 0 Å². The summed E-state index contributed by atoms with van der Waals surface area (Å²) in [4.78, 5) is 17.2. The van der Waals surface area contributed by atoms with Crippen LogP contribution in [0.3, 0.4) is 0 Å². The number of carbonyl (C=O) groups excluding carboxylic acids is 1. The first-order valence-electron chi connectivity index (χ1n) is 13.6. The summed E-state index contributed by atoms with van der Waals surface area (Å²) >= 11 is 0. The number of likely N-dealkylation sites (N-methyl/N-ethyl adjacent to an activating group) is 1. The molecule has 224 valence electrons. The second-order valence-electron chi connectivity index (χ2n) is 10.7. The fourth-order valence-corrected chi connectivity index (χ4v) is 6.14. The minimum Gasteiger partial charge on any atom is -0.486 e. The van der Waals surface area contributed by atoms with Gasteiger partial charge in [0.15, 0.2) is 17.2 Å². The predicted molar refractivity (Wildman–Crippen MR) is 154 cm³/mol. The molecule has 42 heavy (non-hydrogen) atoms. The number of aliphatic hydroxyl groups excluding tert-OH is 1. The van der Waals surface area contributed by atoms with Crippen molar-refractivity contribution in [3.8, 4) is 17.2 Å². The summed E-state index contributed by atoms with van der Waals surface area (Å²) in [5, 5.41) is 9.93. The third-order valence-corrected chi connectivity index (χ3v) is 8.82. The van der Waals surface area contributed by atoms with Crippen LogP contribution in [0.5, 0.6) is 17.2 Å². The molecule has 0 bridgehead atoms. The average molecular weight is 600 g/mol. The fraction of sp³-hybridized carbons (Fsp3) is 0.367. The van der Waals surface area contributed by atoms with Gasteiger partial charge in [-0.2, -0.15) is 0 Å². The van der Waals surface area contributed by atoms with Gasteiger partial charge in [0.1, 0.15) is 11.9 Å². The van der Waals surface area contributed by atoms with Gasteiger partial charge in [-0.1, -0.05) is 19.1 Å². The van der Waals surface area contributed by atoms with Gasteiger partial charge < -0.3 is 24.2 Å². The Balaban J connectivity index is 1.46. The lowest BCUT2D eigenvalue weighted by Crippen LogP contribution is -2.49. The third-order valence-electron chi connectivity index (χ3n) is 7.44. The molecule has 3 atom stereocenters. The van der Waals surface area contributed by atoms with E-state index < -0.39 is 28.0 Å². The molecule has 0 aliphatic carbocycles. The Morgan fingerprint density at radius 1 is 1.12 bits per heavy atom. The molecule has 5 rings (SSSR count). The number of ether oxygens (including phenoxy) is 3. The van der Waals surface area contributed by atoms with Crippen LogP contribution in [0.1, 0.15) is 29.8 Å². The lowest BCUT2D eigenvalue weighted by molar-refractivity contribution is 0.0344. The summed E-state index contributed by atoms with van der Waals surface area (Å²) < 4.78 is 59.8. The van der Waals surface area contributed by atoms with Gasteiger partial charge in [0.25, 0.3) is 15.9 Å². The minimum absolute atomic E-state index is 0.0827. The molecule has 12 heteroatoms. The first kappa shape index (κ1) is 29.6. The van der Waals surface area contributed by atoms with E-state index in [1.165, 1.54) is 6.07 Å². The zero-order valence-corrected chi connectivity index (χ0v) is 24.4. The summed E-state index contributed by atoms with van der Waals surface area (Å²) in [5.74, 6) is 0.360. The van der Waals surface area contributed by atoms with E-state index in [0.717, 1.165) is 29.8 Å². The highest BCUT2D eigenvalue weighted by molar-refractivity contribution is 7.92. The Kier molecular flexibility index (Phi) is 8.58. The predicted octanol–water partition coefficient (Wildman–Crippen LogP) is 3.71. The molecule has 1 amide bonds. The number of halogens is 1. The highest BCUT2D eigenvalue weighted by atomic mass is 32.2. The van der Waals surface area contributed by atoms with Gasteiger partial charge in [0, 0.05) is 25.6 Å². The maximum Gasteiger partial charge on any atom is 0.262 e. The standard InChI is InChI=1S/C30H34FN3O7S/c1-19-14-34(20(2)17-35)30(36)24-5-4-6-25(32-42(37,38)23-10-8-22(31)9-11-23)29(24)41-28(19)16-33(3)15-21-7-12-26-27(13-21)40-18-39-26/h4-13,19-20,28,32,35H,14-18H2,1-3H3/t19-,20+,28+/m0/s1. The van der Waals surface area contributed by atoms with Gasteiger partial charge in [-0.15, -0.1) is 0 Å². The van der Waals surface area contributed by atoms with Crippen molar-refractivity contribution in [1.29, 1.82) is 0 Å². The van der Waals surface area contributed by atoms with E-state index in [9.17, 15) is 22.7 Å². The third kappa shape index (κ3) is 6.30. The van der Waals surface area contributed by atoms with Crippen LogP contribution in [0.25, 0.3) is 0 Å². The lowest BCUT2D eigenvalue weighted by Gasteiger charge is -2.38. The number of hydrogen-bond acceptors (Lipinski definition) is 8. The van der Waals surface area contributed by atoms with Crippen LogP contribution in [0.4, 0.5) is 10.1 Å². The SMILES string of the molecule is C[C@H](CO)N1C[C@H](C)[C@@H](CN(C)Cc2ccc3c(c2)OCO3)Oc2c(NS(=O)(=O)c3ccc(F)cc3)cccc2C1=O. The number of aliphatic hydroxyl groups is 1. The van der Waals surface area contributed by atoms with E-state index >= 15 is 0 Å². The van der Waals surface area contributed by atoms with Gasteiger partial charge in [0.2, 0.25) is 6.79 Å². The molecule has 3 aromatic carbocycles. The van der Waals surface area contributed by atoms with Crippen molar-refractivity contribution in [2.24, 2.45) is 5.92 Å². The smallest absolute Gasteiger partial charge is 0.262 e. The maximum atomic E-state index is 13.7. The topological polar surface area (TPSA) is 118 Å². The Morgan fingerprint density at radius 2 is 1.86 bits per heavy atom. The van der Waals surface area contributed by atoms with E-state index in [0.29, 0.717) is 31.1 Å². The molecular formula is C30H34FN3O7S. The summed E-state index contributed by atoms with van der Waals surface area (Å²) in [7, 11) is -2.18. The normalized spacial score (nSPS) is 19.1. The van der Waals surface area contributed by atoms with Gasteiger partial charge >= 0.3 is 0 Å². The second kappa shape index (κ2) is 12.2. The first-order valence-corrected chi connectivity index (χ1v) is 15.1. The molecule has 0 saturated heterocycles. The molecule has 10 nitrogen and oxygen atoms in total. The monoisotopic (exact) mass is 599 g/mol. The van der Waals surface area contributed by atoms with Crippen LogP contribution < -0.4 is 18.9 Å². The van der Waals surface area contributed by atoms with Crippen LogP contribution in [-0.4, -0.2) is 74.9 Å². The van der Waals surface area contributed by atoms with Crippen molar-refractivity contribution in [1.82, 2.24) is 9.80 Å². The Bertz CT molecular complexity index is 1550. The van der Waals surface area contributed by atoms with Gasteiger partial charge in [-0.3, -0.25) is 14.4 Å².